The fourth-order valence-electron chi connectivity index (χ4n) is 1.55. The summed E-state index contributed by atoms with van der Waals surface area (Å²) in [6.07, 6.45) is -1.59. The maximum atomic E-state index is 11.6. The zero-order chi connectivity index (χ0) is 17.4. The standard InChI is InChI=1S/C17H24O6/c1-11(2)9-20-16(18)22-14-6-13(5)7-15(8-14)23-17(19)21-10-12(3)4/h6-8,11-12H,9-10H2,1-5H3. The van der Waals surface area contributed by atoms with E-state index in [0.29, 0.717) is 0 Å². The van der Waals surface area contributed by atoms with Crippen LogP contribution in [0.3, 0.4) is 0 Å². The van der Waals surface area contributed by atoms with Crippen molar-refractivity contribution in [3.63, 3.8) is 0 Å². The normalized spacial score (nSPS) is 10.6. The molecule has 0 N–H and O–H groups in total. The van der Waals surface area contributed by atoms with E-state index in [2.05, 4.69) is 0 Å². The Morgan fingerprint density at radius 2 is 1.22 bits per heavy atom. The van der Waals surface area contributed by atoms with Crippen molar-refractivity contribution in [2.75, 3.05) is 13.2 Å². The molecule has 0 heterocycles. The van der Waals surface area contributed by atoms with Gasteiger partial charge in [0.15, 0.2) is 0 Å². The fourth-order valence-corrected chi connectivity index (χ4v) is 1.55. The Labute approximate surface area is 136 Å². The molecule has 0 bridgehead atoms. The van der Waals surface area contributed by atoms with Crippen molar-refractivity contribution in [2.45, 2.75) is 34.6 Å². The van der Waals surface area contributed by atoms with Gasteiger partial charge in [-0.05, 0) is 36.5 Å². The molecule has 0 aromatic heterocycles. The van der Waals surface area contributed by atoms with Crippen LogP contribution in [0, 0.1) is 18.8 Å². The summed E-state index contributed by atoms with van der Waals surface area (Å²) in [5.41, 5.74) is 0.769. The second kappa shape index (κ2) is 9.02. The lowest BCUT2D eigenvalue weighted by atomic mass is 10.2. The summed E-state index contributed by atoms with van der Waals surface area (Å²) < 4.78 is 20.0. The molecule has 1 rings (SSSR count). The number of carbonyl (C=O) groups is 2. The number of rotatable bonds is 6. The molecular formula is C17H24O6. The fraction of sp³-hybridized carbons (Fsp3) is 0.529. The lowest BCUT2D eigenvalue weighted by molar-refractivity contribution is 0.0872. The van der Waals surface area contributed by atoms with Crippen LogP contribution in [0.5, 0.6) is 11.5 Å². The quantitative estimate of drug-likeness (QED) is 0.572. The van der Waals surface area contributed by atoms with E-state index < -0.39 is 12.3 Å². The average Bonchev–Trinajstić information content (AvgIpc) is 2.42. The SMILES string of the molecule is Cc1cc(OC(=O)OCC(C)C)cc(OC(=O)OCC(C)C)c1. The van der Waals surface area contributed by atoms with Gasteiger partial charge in [-0.15, -0.1) is 0 Å². The number of carbonyl (C=O) groups excluding carboxylic acids is 2. The lowest BCUT2D eigenvalue weighted by Crippen LogP contribution is -2.15. The van der Waals surface area contributed by atoms with Crippen molar-refractivity contribution in [2.24, 2.45) is 11.8 Å². The minimum Gasteiger partial charge on any atom is -0.434 e. The highest BCUT2D eigenvalue weighted by molar-refractivity contribution is 5.66. The van der Waals surface area contributed by atoms with Crippen LogP contribution < -0.4 is 9.47 Å². The first-order valence-corrected chi connectivity index (χ1v) is 7.57. The lowest BCUT2D eigenvalue weighted by Gasteiger charge is -2.11. The van der Waals surface area contributed by atoms with E-state index in [4.69, 9.17) is 18.9 Å². The van der Waals surface area contributed by atoms with Crippen LogP contribution in [0.25, 0.3) is 0 Å². The molecule has 6 heteroatoms. The third-order valence-electron chi connectivity index (χ3n) is 2.50. The first-order valence-electron chi connectivity index (χ1n) is 7.57. The minimum absolute atomic E-state index is 0.217. The van der Waals surface area contributed by atoms with Crippen molar-refractivity contribution in [1.29, 1.82) is 0 Å². The van der Waals surface area contributed by atoms with E-state index in [1.54, 1.807) is 19.1 Å². The summed E-state index contributed by atoms with van der Waals surface area (Å²) in [6.45, 7) is 10.0. The van der Waals surface area contributed by atoms with Gasteiger partial charge in [0.25, 0.3) is 0 Å². The average molecular weight is 324 g/mol. The van der Waals surface area contributed by atoms with Crippen molar-refractivity contribution in [3.05, 3.63) is 23.8 Å². The van der Waals surface area contributed by atoms with Crippen LogP contribution in [0.15, 0.2) is 18.2 Å². The van der Waals surface area contributed by atoms with Crippen LogP contribution in [-0.2, 0) is 9.47 Å². The van der Waals surface area contributed by atoms with Crippen LogP contribution >= 0.6 is 0 Å². The molecule has 1 aromatic rings. The molecule has 1 aromatic carbocycles. The van der Waals surface area contributed by atoms with Crippen LogP contribution in [-0.4, -0.2) is 25.5 Å². The third-order valence-corrected chi connectivity index (χ3v) is 2.50. The van der Waals surface area contributed by atoms with Crippen molar-refractivity contribution < 1.29 is 28.5 Å². The Morgan fingerprint density at radius 3 is 1.57 bits per heavy atom. The maximum absolute atomic E-state index is 11.6. The van der Waals surface area contributed by atoms with Gasteiger partial charge < -0.3 is 18.9 Å². The summed E-state index contributed by atoms with van der Waals surface area (Å²) in [7, 11) is 0. The van der Waals surface area contributed by atoms with Crippen LogP contribution in [0.1, 0.15) is 33.3 Å². The number of benzene rings is 1. The second-order valence-corrected chi connectivity index (χ2v) is 6.10. The topological polar surface area (TPSA) is 71.1 Å². The highest BCUT2D eigenvalue weighted by atomic mass is 16.7. The van der Waals surface area contributed by atoms with Gasteiger partial charge in [-0.2, -0.15) is 0 Å². The van der Waals surface area contributed by atoms with E-state index in [1.165, 1.54) is 6.07 Å². The molecular weight excluding hydrogens is 300 g/mol. The van der Waals surface area contributed by atoms with Gasteiger partial charge >= 0.3 is 12.3 Å². The van der Waals surface area contributed by atoms with Crippen molar-refractivity contribution in [1.82, 2.24) is 0 Å². The maximum Gasteiger partial charge on any atom is 0.513 e. The number of ether oxygens (including phenoxy) is 4. The predicted octanol–water partition coefficient (Wildman–Crippen LogP) is 4.34. The molecule has 23 heavy (non-hydrogen) atoms. The highest BCUT2D eigenvalue weighted by Crippen LogP contribution is 2.23. The highest BCUT2D eigenvalue weighted by Gasteiger charge is 2.12. The van der Waals surface area contributed by atoms with Crippen molar-refractivity contribution >= 4 is 12.3 Å². The molecule has 0 saturated carbocycles. The van der Waals surface area contributed by atoms with Gasteiger partial charge in [-0.3, -0.25) is 0 Å². The summed E-state index contributed by atoms with van der Waals surface area (Å²) in [6, 6.07) is 4.71. The van der Waals surface area contributed by atoms with Crippen molar-refractivity contribution in [3.8, 4) is 11.5 Å². The van der Waals surface area contributed by atoms with Gasteiger partial charge in [0.05, 0.1) is 13.2 Å². The molecule has 0 saturated heterocycles. The van der Waals surface area contributed by atoms with Gasteiger partial charge in [0, 0.05) is 6.07 Å². The summed E-state index contributed by atoms with van der Waals surface area (Å²) >= 11 is 0. The predicted molar refractivity (Wildman–Crippen MR) is 84.8 cm³/mol. The molecule has 0 amide bonds. The molecule has 0 spiro atoms. The smallest absolute Gasteiger partial charge is 0.434 e. The first kappa shape index (κ1) is 18.8. The van der Waals surface area contributed by atoms with Gasteiger partial charge in [-0.25, -0.2) is 9.59 Å². The summed E-state index contributed by atoms with van der Waals surface area (Å²) in [5, 5.41) is 0. The summed E-state index contributed by atoms with van der Waals surface area (Å²) in [5.74, 6) is 0.917. The van der Waals surface area contributed by atoms with E-state index in [1.807, 2.05) is 27.7 Å². The first-order chi connectivity index (χ1) is 10.8. The molecule has 0 atom stereocenters. The summed E-state index contributed by atoms with van der Waals surface area (Å²) in [4.78, 5) is 23.1. The zero-order valence-electron chi connectivity index (χ0n) is 14.3. The Kier molecular flexibility index (Phi) is 7.38. The van der Waals surface area contributed by atoms with E-state index in [0.717, 1.165) is 5.56 Å². The molecule has 128 valence electrons. The number of hydrogen-bond acceptors (Lipinski definition) is 6. The molecule has 0 aliphatic carbocycles. The Morgan fingerprint density at radius 1 is 0.826 bits per heavy atom. The molecule has 0 radical (unpaired) electrons. The molecule has 0 fully saturated rings. The second-order valence-electron chi connectivity index (χ2n) is 6.10. The van der Waals surface area contributed by atoms with Gasteiger partial charge in [-0.1, -0.05) is 27.7 Å². The molecule has 6 nitrogen and oxygen atoms in total. The Balaban J connectivity index is 2.64. The number of aryl methyl sites for hydroxylation is 1. The van der Waals surface area contributed by atoms with E-state index >= 15 is 0 Å². The van der Waals surface area contributed by atoms with Gasteiger partial charge in [0.1, 0.15) is 11.5 Å². The van der Waals surface area contributed by atoms with Gasteiger partial charge in [0.2, 0.25) is 0 Å². The van der Waals surface area contributed by atoms with Crippen LogP contribution in [0.4, 0.5) is 9.59 Å². The molecule has 0 aliphatic rings. The number of hydrogen-bond donors (Lipinski definition) is 0. The largest absolute Gasteiger partial charge is 0.513 e. The Hall–Kier alpha value is -2.24. The van der Waals surface area contributed by atoms with Crippen LogP contribution in [0.2, 0.25) is 0 Å². The van der Waals surface area contributed by atoms with E-state index in [9.17, 15) is 9.59 Å². The Bertz CT molecular complexity index is 492. The minimum atomic E-state index is -0.794. The molecule has 0 aliphatic heterocycles. The third kappa shape index (κ3) is 8.09. The van der Waals surface area contributed by atoms with E-state index in [-0.39, 0.29) is 36.5 Å². The monoisotopic (exact) mass is 324 g/mol. The zero-order valence-corrected chi connectivity index (χ0v) is 14.3. The molecule has 0 unspecified atom stereocenters.